The fourth-order valence-corrected chi connectivity index (χ4v) is 2.50. The Kier molecular flexibility index (Phi) is 4.15. The number of rotatable bonds is 5. The summed E-state index contributed by atoms with van der Waals surface area (Å²) in [5.74, 6) is 6.22. The molecule has 1 aromatic rings. The lowest BCUT2D eigenvalue weighted by molar-refractivity contribution is 0.0584. The Morgan fingerprint density at radius 3 is 3.06 bits per heavy atom. The van der Waals surface area contributed by atoms with Crippen molar-refractivity contribution in [3.8, 4) is 0 Å². The second-order valence-electron chi connectivity index (χ2n) is 4.94. The molecule has 5 nitrogen and oxygen atoms in total. The molecule has 0 spiro atoms. The SMILES string of the molecule is CC1CCOC1C(CCc1cnn(C)c1)NN. The van der Waals surface area contributed by atoms with Gasteiger partial charge >= 0.3 is 0 Å². The molecule has 17 heavy (non-hydrogen) atoms. The average Bonchev–Trinajstić information content (AvgIpc) is 2.90. The molecular formula is C12H22N4O. The summed E-state index contributed by atoms with van der Waals surface area (Å²) < 4.78 is 7.58. The number of hydrogen-bond acceptors (Lipinski definition) is 4. The van der Waals surface area contributed by atoms with E-state index < -0.39 is 0 Å². The molecule has 0 radical (unpaired) electrons. The molecule has 1 aliphatic rings. The van der Waals surface area contributed by atoms with E-state index in [-0.39, 0.29) is 12.1 Å². The number of aryl methyl sites for hydroxylation is 2. The zero-order chi connectivity index (χ0) is 12.3. The van der Waals surface area contributed by atoms with E-state index in [9.17, 15) is 0 Å². The van der Waals surface area contributed by atoms with Crippen molar-refractivity contribution in [2.24, 2.45) is 18.8 Å². The van der Waals surface area contributed by atoms with E-state index >= 15 is 0 Å². The number of nitrogens with two attached hydrogens (primary N) is 1. The quantitative estimate of drug-likeness (QED) is 0.583. The molecule has 0 aliphatic carbocycles. The van der Waals surface area contributed by atoms with Gasteiger partial charge in [-0.25, -0.2) is 0 Å². The summed E-state index contributed by atoms with van der Waals surface area (Å²) in [6.07, 6.45) is 7.30. The summed E-state index contributed by atoms with van der Waals surface area (Å²) in [5, 5.41) is 4.17. The molecule has 1 aromatic heterocycles. The summed E-state index contributed by atoms with van der Waals surface area (Å²) in [4.78, 5) is 0. The van der Waals surface area contributed by atoms with Crippen molar-refractivity contribution < 1.29 is 4.74 Å². The van der Waals surface area contributed by atoms with Gasteiger partial charge in [0.05, 0.1) is 12.3 Å². The molecule has 3 N–H and O–H groups in total. The van der Waals surface area contributed by atoms with Crippen LogP contribution in [-0.2, 0) is 18.2 Å². The lowest BCUT2D eigenvalue weighted by atomic mass is 9.94. The van der Waals surface area contributed by atoms with E-state index in [0.717, 1.165) is 25.9 Å². The van der Waals surface area contributed by atoms with Crippen molar-refractivity contribution in [2.75, 3.05) is 6.61 Å². The van der Waals surface area contributed by atoms with Gasteiger partial charge in [0.1, 0.15) is 0 Å². The minimum Gasteiger partial charge on any atom is -0.376 e. The molecule has 2 rings (SSSR count). The smallest absolute Gasteiger partial charge is 0.0767 e. The van der Waals surface area contributed by atoms with Crippen LogP contribution in [0.2, 0.25) is 0 Å². The normalized spacial score (nSPS) is 26.3. The highest BCUT2D eigenvalue weighted by molar-refractivity contribution is 5.04. The first-order valence-electron chi connectivity index (χ1n) is 6.26. The first-order valence-corrected chi connectivity index (χ1v) is 6.26. The topological polar surface area (TPSA) is 65.1 Å². The Morgan fingerprint density at radius 1 is 1.71 bits per heavy atom. The highest BCUT2D eigenvalue weighted by Crippen LogP contribution is 2.24. The molecule has 2 heterocycles. The number of hydrazine groups is 1. The predicted octanol–water partition coefficient (Wildman–Crippen LogP) is 0.610. The maximum Gasteiger partial charge on any atom is 0.0767 e. The van der Waals surface area contributed by atoms with E-state index in [1.807, 2.05) is 24.1 Å². The van der Waals surface area contributed by atoms with Gasteiger partial charge in [0.15, 0.2) is 0 Å². The van der Waals surface area contributed by atoms with E-state index in [1.165, 1.54) is 5.56 Å². The van der Waals surface area contributed by atoms with Crippen LogP contribution in [0.5, 0.6) is 0 Å². The Bertz CT molecular complexity index is 352. The molecule has 3 unspecified atom stereocenters. The number of hydrogen-bond donors (Lipinski definition) is 2. The van der Waals surface area contributed by atoms with Crippen LogP contribution < -0.4 is 11.3 Å². The lowest BCUT2D eigenvalue weighted by Gasteiger charge is -2.25. The van der Waals surface area contributed by atoms with Gasteiger partial charge in [0.2, 0.25) is 0 Å². The fraction of sp³-hybridized carbons (Fsp3) is 0.750. The molecule has 96 valence electrons. The summed E-state index contributed by atoms with van der Waals surface area (Å²) >= 11 is 0. The molecule has 0 saturated carbocycles. The zero-order valence-corrected chi connectivity index (χ0v) is 10.6. The van der Waals surface area contributed by atoms with E-state index in [0.29, 0.717) is 5.92 Å². The minimum atomic E-state index is 0.229. The molecule has 1 fully saturated rings. The van der Waals surface area contributed by atoms with Crippen molar-refractivity contribution in [1.29, 1.82) is 0 Å². The lowest BCUT2D eigenvalue weighted by Crippen LogP contribution is -2.46. The van der Waals surface area contributed by atoms with Crippen LogP contribution in [0.25, 0.3) is 0 Å². The van der Waals surface area contributed by atoms with Gasteiger partial charge in [-0.2, -0.15) is 5.10 Å². The van der Waals surface area contributed by atoms with Crippen molar-refractivity contribution in [3.05, 3.63) is 18.0 Å². The molecule has 3 atom stereocenters. The van der Waals surface area contributed by atoms with Crippen molar-refractivity contribution in [3.63, 3.8) is 0 Å². The Balaban J connectivity index is 1.87. The van der Waals surface area contributed by atoms with Gasteiger partial charge in [-0.05, 0) is 30.7 Å². The van der Waals surface area contributed by atoms with Gasteiger partial charge in [0.25, 0.3) is 0 Å². The molecular weight excluding hydrogens is 216 g/mol. The van der Waals surface area contributed by atoms with Crippen LogP contribution in [0.1, 0.15) is 25.3 Å². The third-order valence-electron chi connectivity index (χ3n) is 3.56. The number of ether oxygens (including phenoxy) is 1. The van der Waals surface area contributed by atoms with E-state index in [4.69, 9.17) is 10.6 Å². The first kappa shape index (κ1) is 12.5. The third-order valence-corrected chi connectivity index (χ3v) is 3.56. The summed E-state index contributed by atoms with van der Waals surface area (Å²) in [5.41, 5.74) is 4.15. The van der Waals surface area contributed by atoms with Crippen LogP contribution in [-0.4, -0.2) is 28.5 Å². The van der Waals surface area contributed by atoms with Gasteiger partial charge in [-0.15, -0.1) is 0 Å². The Labute approximate surface area is 102 Å². The summed E-state index contributed by atoms with van der Waals surface area (Å²) in [6, 6.07) is 0.229. The highest BCUT2D eigenvalue weighted by atomic mass is 16.5. The maximum atomic E-state index is 5.75. The molecule has 0 aromatic carbocycles. The number of nitrogens with one attached hydrogen (secondary N) is 1. The van der Waals surface area contributed by atoms with Crippen LogP contribution in [0, 0.1) is 5.92 Å². The average molecular weight is 238 g/mol. The first-order chi connectivity index (χ1) is 8.20. The standard InChI is InChI=1S/C12H22N4O/c1-9-5-6-17-12(9)11(15-13)4-3-10-7-14-16(2)8-10/h7-9,11-12,15H,3-6,13H2,1-2H3. The molecule has 5 heteroatoms. The van der Waals surface area contributed by atoms with Crippen molar-refractivity contribution >= 4 is 0 Å². The van der Waals surface area contributed by atoms with Crippen LogP contribution in [0.3, 0.4) is 0 Å². The third kappa shape index (κ3) is 3.06. The monoisotopic (exact) mass is 238 g/mol. The van der Waals surface area contributed by atoms with Gasteiger partial charge in [-0.1, -0.05) is 6.92 Å². The molecule has 1 aliphatic heterocycles. The van der Waals surface area contributed by atoms with Crippen LogP contribution in [0.4, 0.5) is 0 Å². The zero-order valence-electron chi connectivity index (χ0n) is 10.6. The van der Waals surface area contributed by atoms with Crippen molar-refractivity contribution in [2.45, 2.75) is 38.3 Å². The molecule has 0 amide bonds. The highest BCUT2D eigenvalue weighted by Gasteiger charge is 2.31. The fourth-order valence-electron chi connectivity index (χ4n) is 2.50. The van der Waals surface area contributed by atoms with Gasteiger partial charge in [-0.3, -0.25) is 16.0 Å². The van der Waals surface area contributed by atoms with E-state index in [2.05, 4.69) is 17.4 Å². The summed E-state index contributed by atoms with van der Waals surface area (Å²) in [7, 11) is 1.93. The van der Waals surface area contributed by atoms with Crippen LogP contribution in [0.15, 0.2) is 12.4 Å². The Morgan fingerprint density at radius 2 is 2.53 bits per heavy atom. The maximum absolute atomic E-state index is 5.75. The van der Waals surface area contributed by atoms with Crippen LogP contribution >= 0.6 is 0 Å². The number of aromatic nitrogens is 2. The second kappa shape index (κ2) is 5.62. The molecule has 0 bridgehead atoms. The largest absolute Gasteiger partial charge is 0.376 e. The predicted molar refractivity (Wildman–Crippen MR) is 66.2 cm³/mol. The van der Waals surface area contributed by atoms with Gasteiger partial charge < -0.3 is 4.74 Å². The van der Waals surface area contributed by atoms with Crippen molar-refractivity contribution in [1.82, 2.24) is 15.2 Å². The number of nitrogens with zero attached hydrogens (tertiary/aromatic N) is 2. The van der Waals surface area contributed by atoms with Gasteiger partial charge in [0, 0.05) is 25.9 Å². The van der Waals surface area contributed by atoms with E-state index in [1.54, 1.807) is 0 Å². The summed E-state index contributed by atoms with van der Waals surface area (Å²) in [6.45, 7) is 3.09. The molecule has 1 saturated heterocycles. The Hall–Kier alpha value is -0.910. The second-order valence-corrected chi connectivity index (χ2v) is 4.94. The minimum absolute atomic E-state index is 0.229.